The first kappa shape index (κ1) is 23.3. The van der Waals surface area contributed by atoms with Crippen molar-refractivity contribution in [1.82, 2.24) is 4.57 Å². The lowest BCUT2D eigenvalue weighted by Gasteiger charge is -2.36. The molecule has 0 saturated heterocycles. The number of nitrogens with zero attached hydrogens (tertiary/aromatic N) is 1. The van der Waals surface area contributed by atoms with Crippen LogP contribution in [-0.2, 0) is 4.57 Å². The second kappa shape index (κ2) is 8.16. The predicted molar refractivity (Wildman–Crippen MR) is 175 cm³/mol. The second-order valence-corrected chi connectivity index (χ2v) is 13.8. The topological polar surface area (TPSA) is 40.5 Å². The minimum Gasteiger partial charge on any atom is -0.456 e. The lowest BCUT2D eigenvalue weighted by Crippen LogP contribution is -2.35. The van der Waals surface area contributed by atoms with Gasteiger partial charge in [0.2, 0.25) is 0 Å². The van der Waals surface area contributed by atoms with Gasteiger partial charge in [0.05, 0.1) is 27.3 Å². The Labute approximate surface area is 246 Å². The highest BCUT2D eigenvalue weighted by Gasteiger charge is 2.48. The highest BCUT2D eigenvalue weighted by atomic mass is 31.2. The van der Waals surface area contributed by atoms with E-state index in [1.54, 1.807) is 0 Å². The molecule has 43 heavy (non-hydrogen) atoms. The van der Waals surface area contributed by atoms with Gasteiger partial charge in [-0.2, -0.15) is 0 Å². The molecule has 0 fully saturated rings. The lowest BCUT2D eigenvalue weighted by molar-refractivity contribution is 0.464. The number of hydrogen-bond acceptors (Lipinski definition) is 3. The van der Waals surface area contributed by atoms with E-state index in [0.717, 1.165) is 43.6 Å². The Morgan fingerprint density at radius 2 is 0.977 bits per heavy atom. The molecule has 0 N–H and O–H groups in total. The Bertz CT molecular complexity index is 2510. The van der Waals surface area contributed by atoms with Crippen LogP contribution in [0.3, 0.4) is 0 Å². The molecule has 10 rings (SSSR count). The predicted octanol–water partition coefficient (Wildman–Crippen LogP) is 8.94. The van der Waals surface area contributed by atoms with Crippen LogP contribution in [0, 0.1) is 0 Å². The lowest BCUT2D eigenvalue weighted by atomic mass is 10.0. The molecule has 7 aromatic carbocycles. The molecule has 8 aromatic rings. The maximum atomic E-state index is 16.1. The van der Waals surface area contributed by atoms with Crippen LogP contribution in [0.25, 0.3) is 49.0 Å². The molecule has 0 radical (unpaired) electrons. The van der Waals surface area contributed by atoms with Crippen LogP contribution in [0.15, 0.2) is 133 Å². The maximum Gasteiger partial charge on any atom is 0.186 e. The first-order valence-electron chi connectivity index (χ1n) is 14.4. The fraction of sp³-hybridized carbons (Fsp3) is 0. The highest BCUT2D eigenvalue weighted by Crippen LogP contribution is 2.61. The van der Waals surface area contributed by atoms with Gasteiger partial charge in [-0.1, -0.05) is 97.1 Å². The van der Waals surface area contributed by atoms with E-state index in [9.17, 15) is 0 Å². The molecule has 202 valence electrons. The van der Waals surface area contributed by atoms with Crippen molar-refractivity contribution >= 4 is 66.4 Å². The van der Waals surface area contributed by atoms with Crippen molar-refractivity contribution in [1.29, 1.82) is 0 Å². The normalized spacial score (nSPS) is 16.5. The summed E-state index contributed by atoms with van der Waals surface area (Å²) in [4.78, 5) is 0. The van der Waals surface area contributed by atoms with E-state index in [2.05, 4.69) is 77.4 Å². The van der Waals surface area contributed by atoms with E-state index >= 15 is 4.57 Å². The van der Waals surface area contributed by atoms with E-state index in [1.807, 2.05) is 60.7 Å². The van der Waals surface area contributed by atoms with Crippen LogP contribution in [0.1, 0.15) is 0 Å². The number of benzene rings is 7. The summed E-state index contributed by atoms with van der Waals surface area (Å²) in [5, 5.41) is 8.45. The van der Waals surface area contributed by atoms with Crippen molar-refractivity contribution in [3.8, 4) is 28.7 Å². The van der Waals surface area contributed by atoms with E-state index in [4.69, 9.17) is 9.47 Å². The number of rotatable bonds is 1. The fourth-order valence-electron chi connectivity index (χ4n) is 7.26. The molecule has 0 amide bonds. The Hall–Kier alpha value is -5.31. The SMILES string of the molecule is O=P12c3ccccc3Oc3cc(-n4c5ccccc5c5ccccc54)cc(c31)Oc1c2c2ccccc2c2ccccc12. The molecule has 1 unspecified atom stereocenters. The van der Waals surface area contributed by atoms with Crippen LogP contribution in [0.4, 0.5) is 0 Å². The first-order chi connectivity index (χ1) is 21.2. The van der Waals surface area contributed by atoms with Gasteiger partial charge in [-0.15, -0.1) is 0 Å². The zero-order chi connectivity index (χ0) is 28.3. The van der Waals surface area contributed by atoms with E-state index in [-0.39, 0.29) is 0 Å². The third-order valence-corrected chi connectivity index (χ3v) is 12.2. The summed E-state index contributed by atoms with van der Waals surface area (Å²) in [5.41, 5.74) is 3.07. The van der Waals surface area contributed by atoms with Crippen LogP contribution in [-0.4, -0.2) is 4.57 Å². The third-order valence-electron chi connectivity index (χ3n) is 8.99. The number of fused-ring (bicyclic) bond motifs is 12. The monoisotopic (exact) mass is 571 g/mol. The molecule has 0 saturated carbocycles. The molecule has 2 aliphatic rings. The van der Waals surface area contributed by atoms with Crippen molar-refractivity contribution in [2.24, 2.45) is 0 Å². The summed E-state index contributed by atoms with van der Waals surface area (Å²) in [7, 11) is -3.42. The molecule has 0 aliphatic carbocycles. The molecule has 0 bridgehead atoms. The van der Waals surface area contributed by atoms with Crippen LogP contribution < -0.4 is 25.4 Å². The summed E-state index contributed by atoms with van der Waals surface area (Å²) in [6.45, 7) is 0. The van der Waals surface area contributed by atoms with Crippen molar-refractivity contribution in [3.05, 3.63) is 133 Å². The zero-order valence-corrected chi connectivity index (χ0v) is 23.7. The van der Waals surface area contributed by atoms with E-state index < -0.39 is 7.14 Å². The quantitative estimate of drug-likeness (QED) is 0.146. The maximum absolute atomic E-state index is 16.1. The Morgan fingerprint density at radius 3 is 1.67 bits per heavy atom. The average Bonchev–Trinajstić information content (AvgIpc) is 3.39. The van der Waals surface area contributed by atoms with Crippen LogP contribution in [0.2, 0.25) is 0 Å². The smallest absolute Gasteiger partial charge is 0.186 e. The fourth-order valence-corrected chi connectivity index (χ4v) is 10.5. The number of para-hydroxylation sites is 3. The molecule has 1 atom stereocenters. The van der Waals surface area contributed by atoms with Gasteiger partial charge in [0, 0.05) is 28.3 Å². The average molecular weight is 572 g/mol. The molecular formula is C38H22NO3P. The number of hydrogen-bond donors (Lipinski definition) is 0. The van der Waals surface area contributed by atoms with E-state index in [0.29, 0.717) is 33.6 Å². The molecule has 4 nitrogen and oxygen atoms in total. The van der Waals surface area contributed by atoms with Crippen molar-refractivity contribution in [2.45, 2.75) is 0 Å². The number of ether oxygens (including phenoxy) is 2. The summed E-state index contributed by atoms with van der Waals surface area (Å²) >= 11 is 0. The Balaban J connectivity index is 1.36. The second-order valence-electron chi connectivity index (χ2n) is 11.2. The molecule has 0 spiro atoms. The summed E-state index contributed by atoms with van der Waals surface area (Å²) in [6.07, 6.45) is 0. The summed E-state index contributed by atoms with van der Waals surface area (Å²) < 4.78 is 31.8. The van der Waals surface area contributed by atoms with E-state index in [1.165, 1.54) is 10.8 Å². The largest absolute Gasteiger partial charge is 0.456 e. The van der Waals surface area contributed by atoms with Crippen molar-refractivity contribution in [2.75, 3.05) is 0 Å². The van der Waals surface area contributed by atoms with Gasteiger partial charge >= 0.3 is 0 Å². The first-order valence-corrected chi connectivity index (χ1v) is 16.1. The Morgan fingerprint density at radius 1 is 0.465 bits per heavy atom. The molecule has 1 aromatic heterocycles. The third kappa shape index (κ3) is 2.89. The number of aromatic nitrogens is 1. The summed E-state index contributed by atoms with van der Waals surface area (Å²) in [6, 6.07) is 45.1. The van der Waals surface area contributed by atoms with Gasteiger partial charge in [-0.25, -0.2) is 0 Å². The van der Waals surface area contributed by atoms with Crippen molar-refractivity contribution in [3.63, 3.8) is 0 Å². The standard InChI is InChI=1S/C38H22NO3P/c40-43-35-20-10-9-19-32(35)41-33-21-23(39-30-17-7-5-13-26(30)27-14-6-8-18-31(27)39)22-34(38(33)43)42-36-28-15-3-1-11-24(28)25-12-2-4-16-29(25)37(36)43/h1-22H. The van der Waals surface area contributed by atoms with Gasteiger partial charge in [0.1, 0.15) is 28.3 Å². The minimum absolute atomic E-state index is 0.569. The summed E-state index contributed by atoms with van der Waals surface area (Å²) in [5.74, 6) is 2.42. The van der Waals surface area contributed by atoms with Gasteiger partial charge in [-0.05, 0) is 40.4 Å². The van der Waals surface area contributed by atoms with Gasteiger partial charge in [0.25, 0.3) is 0 Å². The van der Waals surface area contributed by atoms with Gasteiger partial charge in [-0.3, -0.25) is 0 Å². The molecular weight excluding hydrogens is 549 g/mol. The minimum atomic E-state index is -3.42. The Kier molecular flexibility index (Phi) is 4.42. The van der Waals surface area contributed by atoms with Crippen LogP contribution in [0.5, 0.6) is 23.0 Å². The van der Waals surface area contributed by atoms with Gasteiger partial charge in [0.15, 0.2) is 7.14 Å². The molecule has 2 aliphatic heterocycles. The van der Waals surface area contributed by atoms with Crippen LogP contribution >= 0.6 is 7.14 Å². The molecule has 3 heterocycles. The highest BCUT2D eigenvalue weighted by molar-refractivity contribution is 7.86. The van der Waals surface area contributed by atoms with Crippen molar-refractivity contribution < 1.29 is 14.0 Å². The zero-order valence-electron chi connectivity index (χ0n) is 22.8. The van der Waals surface area contributed by atoms with Gasteiger partial charge < -0.3 is 18.6 Å². The molecule has 5 heteroatoms.